The van der Waals surface area contributed by atoms with E-state index < -0.39 is 5.97 Å². The Balaban J connectivity index is 2.08. The van der Waals surface area contributed by atoms with E-state index >= 15 is 0 Å². The SMILES string of the molecule is COc1ccc(/C=C/c2cc(=O)c3cccc(CC(=O)O)c3o2)c(OC)c1OC. The van der Waals surface area contributed by atoms with Gasteiger partial charge in [-0.1, -0.05) is 12.1 Å². The molecule has 29 heavy (non-hydrogen) atoms. The van der Waals surface area contributed by atoms with Crippen LogP contribution in [0.25, 0.3) is 23.1 Å². The molecule has 0 saturated carbocycles. The third-order valence-corrected chi connectivity index (χ3v) is 4.36. The zero-order valence-electron chi connectivity index (χ0n) is 16.2. The van der Waals surface area contributed by atoms with Crippen molar-refractivity contribution in [3.63, 3.8) is 0 Å². The molecule has 2 aromatic carbocycles. The topological polar surface area (TPSA) is 95.2 Å². The lowest BCUT2D eigenvalue weighted by molar-refractivity contribution is -0.136. The molecule has 0 saturated heterocycles. The van der Waals surface area contributed by atoms with Gasteiger partial charge in [0.25, 0.3) is 0 Å². The number of hydrogen-bond acceptors (Lipinski definition) is 6. The van der Waals surface area contributed by atoms with Gasteiger partial charge in [-0.05, 0) is 30.4 Å². The number of methoxy groups -OCH3 is 3. The summed E-state index contributed by atoms with van der Waals surface area (Å²) in [5.74, 6) is 0.726. The largest absolute Gasteiger partial charge is 0.493 e. The van der Waals surface area contributed by atoms with E-state index in [1.807, 2.05) is 0 Å². The molecule has 0 aliphatic heterocycles. The zero-order valence-corrected chi connectivity index (χ0v) is 16.2. The maximum Gasteiger partial charge on any atom is 0.307 e. The molecule has 0 aliphatic carbocycles. The maximum absolute atomic E-state index is 12.5. The number of fused-ring (bicyclic) bond motifs is 1. The number of carbonyl (C=O) groups is 1. The van der Waals surface area contributed by atoms with Crippen molar-refractivity contribution in [2.75, 3.05) is 21.3 Å². The molecule has 7 heteroatoms. The Morgan fingerprint density at radius 2 is 1.79 bits per heavy atom. The number of carboxylic acid groups (broad SMARTS) is 1. The van der Waals surface area contributed by atoms with E-state index in [0.717, 1.165) is 0 Å². The van der Waals surface area contributed by atoms with Crippen LogP contribution in [0.1, 0.15) is 16.9 Å². The third-order valence-electron chi connectivity index (χ3n) is 4.36. The van der Waals surface area contributed by atoms with Crippen molar-refractivity contribution in [1.82, 2.24) is 0 Å². The van der Waals surface area contributed by atoms with Crippen molar-refractivity contribution in [2.45, 2.75) is 6.42 Å². The quantitative estimate of drug-likeness (QED) is 0.652. The number of hydrogen-bond donors (Lipinski definition) is 1. The Labute approximate surface area is 166 Å². The summed E-state index contributed by atoms with van der Waals surface area (Å²) in [6, 6.07) is 9.76. The van der Waals surface area contributed by atoms with Crippen molar-refractivity contribution in [1.29, 1.82) is 0 Å². The van der Waals surface area contributed by atoms with Gasteiger partial charge in [0, 0.05) is 17.2 Å². The minimum atomic E-state index is -1.00. The van der Waals surface area contributed by atoms with Gasteiger partial charge in [0.15, 0.2) is 16.9 Å². The first-order chi connectivity index (χ1) is 14.0. The first-order valence-corrected chi connectivity index (χ1v) is 8.73. The molecule has 3 rings (SSSR count). The zero-order chi connectivity index (χ0) is 21.0. The van der Waals surface area contributed by atoms with E-state index in [1.165, 1.54) is 27.4 Å². The van der Waals surface area contributed by atoms with Crippen LogP contribution in [0.2, 0.25) is 0 Å². The van der Waals surface area contributed by atoms with E-state index in [4.69, 9.17) is 23.7 Å². The average Bonchev–Trinajstić information content (AvgIpc) is 2.71. The fourth-order valence-electron chi connectivity index (χ4n) is 3.07. The number of aliphatic carboxylic acids is 1. The molecule has 150 valence electrons. The van der Waals surface area contributed by atoms with Gasteiger partial charge in [0.05, 0.1) is 33.1 Å². The second-order valence-electron chi connectivity index (χ2n) is 6.13. The predicted molar refractivity (Wildman–Crippen MR) is 109 cm³/mol. The highest BCUT2D eigenvalue weighted by molar-refractivity contribution is 5.85. The lowest BCUT2D eigenvalue weighted by Gasteiger charge is -2.14. The van der Waals surface area contributed by atoms with Crippen LogP contribution < -0.4 is 19.6 Å². The molecule has 0 bridgehead atoms. The molecule has 0 atom stereocenters. The Kier molecular flexibility index (Phi) is 5.87. The van der Waals surface area contributed by atoms with Crippen molar-refractivity contribution in [3.8, 4) is 17.2 Å². The van der Waals surface area contributed by atoms with Gasteiger partial charge in [0.1, 0.15) is 11.3 Å². The highest BCUT2D eigenvalue weighted by atomic mass is 16.5. The van der Waals surface area contributed by atoms with E-state index in [0.29, 0.717) is 33.8 Å². The van der Waals surface area contributed by atoms with Crippen LogP contribution in [0.15, 0.2) is 45.6 Å². The first kappa shape index (κ1) is 20.0. The van der Waals surface area contributed by atoms with Crippen LogP contribution in [0.4, 0.5) is 0 Å². The smallest absolute Gasteiger partial charge is 0.307 e. The van der Waals surface area contributed by atoms with Gasteiger partial charge in [-0.15, -0.1) is 0 Å². The summed E-state index contributed by atoms with van der Waals surface area (Å²) >= 11 is 0. The number of ether oxygens (including phenoxy) is 3. The van der Waals surface area contributed by atoms with Gasteiger partial charge in [0.2, 0.25) is 5.75 Å². The van der Waals surface area contributed by atoms with Crippen LogP contribution >= 0.6 is 0 Å². The second kappa shape index (κ2) is 8.52. The molecule has 3 aromatic rings. The highest BCUT2D eigenvalue weighted by Gasteiger charge is 2.15. The van der Waals surface area contributed by atoms with Crippen LogP contribution in [0, 0.1) is 0 Å². The molecule has 0 unspecified atom stereocenters. The van der Waals surface area contributed by atoms with Crippen LogP contribution in [0.3, 0.4) is 0 Å². The second-order valence-corrected chi connectivity index (χ2v) is 6.13. The first-order valence-electron chi connectivity index (χ1n) is 8.73. The molecule has 1 N–H and O–H groups in total. The normalized spacial score (nSPS) is 11.0. The molecular weight excluding hydrogens is 376 g/mol. The summed E-state index contributed by atoms with van der Waals surface area (Å²) in [6.07, 6.45) is 3.09. The molecule has 7 nitrogen and oxygen atoms in total. The van der Waals surface area contributed by atoms with Gasteiger partial charge < -0.3 is 23.7 Å². The molecule has 0 spiro atoms. The maximum atomic E-state index is 12.5. The third kappa shape index (κ3) is 4.08. The summed E-state index contributed by atoms with van der Waals surface area (Å²) in [7, 11) is 4.56. The molecule has 0 radical (unpaired) electrons. The summed E-state index contributed by atoms with van der Waals surface area (Å²) in [5, 5.41) is 9.43. The van der Waals surface area contributed by atoms with E-state index in [1.54, 1.807) is 42.5 Å². The number of benzene rings is 2. The predicted octanol–water partition coefficient (Wildman–Crippen LogP) is 3.62. The van der Waals surface area contributed by atoms with Gasteiger partial charge in [-0.2, -0.15) is 0 Å². The van der Waals surface area contributed by atoms with Crippen molar-refractivity contribution < 1.29 is 28.5 Å². The fourth-order valence-corrected chi connectivity index (χ4v) is 3.07. The molecule has 1 heterocycles. The van der Waals surface area contributed by atoms with Crippen LogP contribution in [-0.2, 0) is 11.2 Å². The Morgan fingerprint density at radius 1 is 1.03 bits per heavy atom. The van der Waals surface area contributed by atoms with Crippen LogP contribution in [-0.4, -0.2) is 32.4 Å². The Bertz CT molecular complexity index is 1140. The minimum Gasteiger partial charge on any atom is -0.493 e. The van der Waals surface area contributed by atoms with E-state index in [-0.39, 0.29) is 23.2 Å². The summed E-state index contributed by atoms with van der Waals surface area (Å²) in [4.78, 5) is 23.6. The van der Waals surface area contributed by atoms with E-state index in [9.17, 15) is 9.59 Å². The van der Waals surface area contributed by atoms with Gasteiger partial charge >= 0.3 is 5.97 Å². The summed E-state index contributed by atoms with van der Waals surface area (Å²) in [6.45, 7) is 0. The average molecular weight is 396 g/mol. The lowest BCUT2D eigenvalue weighted by Crippen LogP contribution is -2.05. The standard InChI is InChI=1S/C22H20O7/c1-26-18-10-8-13(21(27-2)22(18)28-3)7-9-15-12-17(23)16-6-4-5-14(11-19(24)25)20(16)29-15/h4-10,12H,11H2,1-3H3,(H,24,25)/b9-7+. The monoisotopic (exact) mass is 396 g/mol. The molecule has 0 amide bonds. The lowest BCUT2D eigenvalue weighted by atomic mass is 10.1. The minimum absolute atomic E-state index is 0.239. The summed E-state index contributed by atoms with van der Waals surface area (Å²) < 4.78 is 21.9. The number of rotatable bonds is 7. The summed E-state index contributed by atoms with van der Waals surface area (Å²) in [5.41, 5.74) is 1.14. The Morgan fingerprint density at radius 3 is 2.45 bits per heavy atom. The molecule has 0 fully saturated rings. The molecule has 1 aromatic heterocycles. The van der Waals surface area contributed by atoms with Crippen molar-refractivity contribution >= 4 is 29.1 Å². The van der Waals surface area contributed by atoms with E-state index in [2.05, 4.69) is 0 Å². The highest BCUT2D eigenvalue weighted by Crippen LogP contribution is 2.40. The fraction of sp³-hybridized carbons (Fsp3) is 0.182. The number of carboxylic acids is 1. The molecular formula is C22H20O7. The van der Waals surface area contributed by atoms with Crippen LogP contribution in [0.5, 0.6) is 17.2 Å². The Hall–Kier alpha value is -3.74. The molecule has 0 aliphatic rings. The van der Waals surface area contributed by atoms with Crippen molar-refractivity contribution in [3.05, 3.63) is 63.5 Å². The number of para-hydroxylation sites is 1. The van der Waals surface area contributed by atoms with Gasteiger partial charge in [-0.3, -0.25) is 9.59 Å². The van der Waals surface area contributed by atoms with Crippen molar-refractivity contribution in [2.24, 2.45) is 0 Å². The van der Waals surface area contributed by atoms with Gasteiger partial charge in [-0.25, -0.2) is 0 Å².